The number of benzene rings is 1. The van der Waals surface area contributed by atoms with Gasteiger partial charge in [0.25, 0.3) is 0 Å². The lowest BCUT2D eigenvalue weighted by molar-refractivity contribution is -0.137. The van der Waals surface area contributed by atoms with Crippen LogP contribution < -0.4 is 10.1 Å². The van der Waals surface area contributed by atoms with E-state index in [-0.39, 0.29) is 30.6 Å². The molecule has 1 atom stereocenters. The molecular weight excluding hydrogens is 468 g/mol. The minimum atomic E-state index is -3.68. The molecule has 0 saturated carbocycles. The molecule has 0 unspecified atom stereocenters. The van der Waals surface area contributed by atoms with Crippen molar-refractivity contribution < 1.29 is 22.7 Å². The number of rotatable bonds is 10. The summed E-state index contributed by atoms with van der Waals surface area (Å²) in [5, 5.41) is 3.75. The maximum Gasteiger partial charge on any atom is 0.248 e. The highest BCUT2D eigenvalue weighted by molar-refractivity contribution is 7.89. The van der Waals surface area contributed by atoms with E-state index in [4.69, 9.17) is 9.47 Å². The first-order chi connectivity index (χ1) is 16.6. The van der Waals surface area contributed by atoms with Crippen molar-refractivity contribution in [1.82, 2.24) is 19.4 Å². The zero-order valence-electron chi connectivity index (χ0n) is 21.9. The van der Waals surface area contributed by atoms with Crippen molar-refractivity contribution in [3.63, 3.8) is 0 Å². The molecule has 2 saturated heterocycles. The number of aryl methyl sites for hydroxylation is 2. The number of carbonyl (C=O) groups excluding carboxylic acids is 1. The molecule has 0 spiro atoms. The summed E-state index contributed by atoms with van der Waals surface area (Å²) < 4.78 is 38.3. The molecule has 3 rings (SSSR count). The summed E-state index contributed by atoms with van der Waals surface area (Å²) in [6.45, 7) is 7.50. The quantitative estimate of drug-likeness (QED) is 0.479. The highest BCUT2D eigenvalue weighted by Crippen LogP contribution is 2.27. The fourth-order valence-electron chi connectivity index (χ4n) is 5.00. The lowest BCUT2D eigenvalue weighted by atomic mass is 10.0. The highest BCUT2D eigenvalue weighted by Gasteiger charge is 2.28. The van der Waals surface area contributed by atoms with Crippen molar-refractivity contribution >= 4 is 15.9 Å². The van der Waals surface area contributed by atoms with Crippen LogP contribution in [0.25, 0.3) is 0 Å². The molecule has 35 heavy (non-hydrogen) atoms. The standard InChI is InChI=1S/C25H42N4O5S/c1-19-15-23(33-5)16-20(2)25(19)35(31,32)28(4)13-14-34-18-24(30)29-10-6-7-22(17-29)26-21-8-11-27(3)12-9-21/h15-16,21-22,26H,6-14,17-18H2,1-5H3/t22-/m1/s1. The Bertz CT molecular complexity index is 940. The second-order valence-corrected chi connectivity index (χ2v) is 11.9. The molecule has 0 bridgehead atoms. The van der Waals surface area contributed by atoms with Gasteiger partial charge in [-0.2, -0.15) is 4.31 Å². The third-order valence-corrected chi connectivity index (χ3v) is 9.24. The van der Waals surface area contributed by atoms with E-state index in [9.17, 15) is 13.2 Å². The topological polar surface area (TPSA) is 91.4 Å². The Balaban J connectivity index is 1.44. The average Bonchev–Trinajstić information content (AvgIpc) is 2.82. The number of hydrogen-bond acceptors (Lipinski definition) is 7. The summed E-state index contributed by atoms with van der Waals surface area (Å²) in [6.07, 6.45) is 4.37. The molecule has 2 aliphatic heterocycles. The maximum absolute atomic E-state index is 13.1. The summed E-state index contributed by atoms with van der Waals surface area (Å²) in [5.74, 6) is 0.595. The van der Waals surface area contributed by atoms with E-state index in [0.717, 1.165) is 45.3 Å². The molecule has 1 aromatic rings. The normalized spacial score (nSPS) is 20.4. The summed E-state index contributed by atoms with van der Waals surface area (Å²) in [6, 6.07) is 4.29. The summed E-state index contributed by atoms with van der Waals surface area (Å²) in [4.78, 5) is 17.2. The lowest BCUT2D eigenvalue weighted by Crippen LogP contribution is -2.53. The molecule has 1 N–H and O–H groups in total. The van der Waals surface area contributed by atoms with E-state index >= 15 is 0 Å². The second kappa shape index (κ2) is 12.5. The van der Waals surface area contributed by atoms with E-state index in [0.29, 0.717) is 35.5 Å². The van der Waals surface area contributed by atoms with Crippen molar-refractivity contribution in [2.24, 2.45) is 0 Å². The van der Waals surface area contributed by atoms with Crippen molar-refractivity contribution in [2.45, 2.75) is 56.5 Å². The minimum absolute atomic E-state index is 0.0323. The highest BCUT2D eigenvalue weighted by atomic mass is 32.2. The van der Waals surface area contributed by atoms with E-state index < -0.39 is 10.0 Å². The number of nitrogens with zero attached hydrogens (tertiary/aromatic N) is 3. The van der Waals surface area contributed by atoms with Crippen molar-refractivity contribution in [3.8, 4) is 5.75 Å². The van der Waals surface area contributed by atoms with Crippen LogP contribution >= 0.6 is 0 Å². The van der Waals surface area contributed by atoms with Crippen molar-refractivity contribution in [3.05, 3.63) is 23.3 Å². The van der Waals surface area contributed by atoms with Crippen molar-refractivity contribution in [2.75, 3.05) is 67.1 Å². The number of sulfonamides is 1. The fourth-order valence-corrected chi connectivity index (χ4v) is 6.56. The number of likely N-dealkylation sites (tertiary alicyclic amines) is 2. The molecule has 0 aliphatic carbocycles. The Hall–Kier alpha value is -1.72. The Morgan fingerprint density at radius 1 is 1.11 bits per heavy atom. The van der Waals surface area contributed by atoms with Gasteiger partial charge in [0, 0.05) is 38.8 Å². The van der Waals surface area contributed by atoms with Crippen LogP contribution in [0, 0.1) is 13.8 Å². The molecule has 10 heteroatoms. The number of piperidine rings is 2. The van der Waals surface area contributed by atoms with Gasteiger partial charge in [-0.15, -0.1) is 0 Å². The Morgan fingerprint density at radius 2 is 1.77 bits per heavy atom. The molecule has 198 valence electrons. The molecule has 0 aromatic heterocycles. The van der Waals surface area contributed by atoms with Crippen LogP contribution in [0.4, 0.5) is 0 Å². The van der Waals surface area contributed by atoms with Gasteiger partial charge in [0.2, 0.25) is 15.9 Å². The third kappa shape index (κ3) is 7.39. The Morgan fingerprint density at radius 3 is 2.40 bits per heavy atom. The van der Waals surface area contributed by atoms with Crippen LogP contribution in [0.1, 0.15) is 36.8 Å². The first kappa shape index (κ1) is 27.9. The van der Waals surface area contributed by atoms with Gasteiger partial charge in [-0.25, -0.2) is 8.42 Å². The average molecular weight is 511 g/mol. The molecule has 1 amide bonds. The minimum Gasteiger partial charge on any atom is -0.497 e. The number of amides is 1. The van der Waals surface area contributed by atoms with Gasteiger partial charge in [-0.1, -0.05) is 0 Å². The zero-order chi connectivity index (χ0) is 25.6. The van der Waals surface area contributed by atoms with Gasteiger partial charge in [0.15, 0.2) is 0 Å². The number of nitrogens with one attached hydrogen (secondary N) is 1. The predicted molar refractivity (Wildman–Crippen MR) is 136 cm³/mol. The molecule has 2 aliphatic rings. The number of hydrogen-bond donors (Lipinski definition) is 1. The first-order valence-electron chi connectivity index (χ1n) is 12.5. The summed E-state index contributed by atoms with van der Waals surface area (Å²) in [7, 11) is 1.57. The molecule has 1 aromatic carbocycles. The van der Waals surface area contributed by atoms with Crippen LogP contribution in [0.5, 0.6) is 5.75 Å². The third-order valence-electron chi connectivity index (χ3n) is 7.08. The summed E-state index contributed by atoms with van der Waals surface area (Å²) >= 11 is 0. The molecule has 9 nitrogen and oxygen atoms in total. The Labute approximate surface area is 210 Å². The molecule has 2 fully saturated rings. The van der Waals surface area contributed by atoms with Gasteiger partial charge < -0.3 is 24.6 Å². The summed E-state index contributed by atoms with van der Waals surface area (Å²) in [5.41, 5.74) is 1.27. The van der Waals surface area contributed by atoms with E-state index in [1.807, 2.05) is 4.90 Å². The largest absolute Gasteiger partial charge is 0.497 e. The second-order valence-electron chi connectivity index (χ2n) is 9.89. The number of likely N-dealkylation sites (N-methyl/N-ethyl adjacent to an activating group) is 1. The van der Waals surface area contributed by atoms with E-state index in [1.54, 1.807) is 33.1 Å². The van der Waals surface area contributed by atoms with Gasteiger partial charge in [0.05, 0.1) is 18.6 Å². The Kier molecular flexibility index (Phi) is 9.94. The van der Waals surface area contributed by atoms with Crippen LogP contribution in [0.15, 0.2) is 17.0 Å². The fraction of sp³-hybridized carbons (Fsp3) is 0.720. The van der Waals surface area contributed by atoms with Gasteiger partial charge >= 0.3 is 0 Å². The van der Waals surface area contributed by atoms with E-state index in [2.05, 4.69) is 17.3 Å². The SMILES string of the molecule is COc1cc(C)c(S(=O)(=O)N(C)CCOCC(=O)N2CCC[C@@H](NC3CCN(C)CC3)C2)c(C)c1. The zero-order valence-corrected chi connectivity index (χ0v) is 22.7. The maximum atomic E-state index is 13.1. The monoisotopic (exact) mass is 510 g/mol. The van der Waals surface area contributed by atoms with E-state index in [1.165, 1.54) is 11.4 Å². The smallest absolute Gasteiger partial charge is 0.248 e. The van der Waals surface area contributed by atoms with Crippen LogP contribution in [0.3, 0.4) is 0 Å². The van der Waals surface area contributed by atoms with Gasteiger partial charge in [-0.3, -0.25) is 4.79 Å². The number of ether oxygens (including phenoxy) is 2. The van der Waals surface area contributed by atoms with Crippen molar-refractivity contribution in [1.29, 1.82) is 0 Å². The van der Waals surface area contributed by atoms with Gasteiger partial charge in [-0.05, 0) is 82.9 Å². The lowest BCUT2D eigenvalue weighted by Gasteiger charge is -2.37. The molecule has 2 heterocycles. The van der Waals surface area contributed by atoms with Crippen LogP contribution in [-0.4, -0.2) is 108 Å². The predicted octanol–water partition coefficient (Wildman–Crippen LogP) is 1.62. The van der Waals surface area contributed by atoms with Crippen LogP contribution in [0.2, 0.25) is 0 Å². The number of carbonyl (C=O) groups is 1. The molecule has 0 radical (unpaired) electrons. The molecular formula is C25H42N4O5S. The first-order valence-corrected chi connectivity index (χ1v) is 14.0. The van der Waals surface area contributed by atoms with Crippen LogP contribution in [-0.2, 0) is 19.6 Å². The number of methoxy groups -OCH3 is 1. The van der Waals surface area contributed by atoms with Gasteiger partial charge in [0.1, 0.15) is 12.4 Å².